The number of carbonyl (C=O) groups is 1. The van der Waals surface area contributed by atoms with Crippen molar-refractivity contribution >= 4 is 18.3 Å². The summed E-state index contributed by atoms with van der Waals surface area (Å²) < 4.78 is 82.0. The number of nitrogens with one attached hydrogen (secondary N) is 2. The van der Waals surface area contributed by atoms with Crippen LogP contribution in [0.3, 0.4) is 0 Å². The molecule has 0 saturated carbocycles. The maximum atomic E-state index is 13.2. The van der Waals surface area contributed by atoms with Crippen LogP contribution in [0.2, 0.25) is 0 Å². The Morgan fingerprint density at radius 1 is 1.11 bits per heavy atom. The van der Waals surface area contributed by atoms with Crippen LogP contribution < -0.4 is 15.4 Å². The molecule has 5 nitrogen and oxygen atoms in total. The molecular weight excluding hydrogens is 416 g/mol. The van der Waals surface area contributed by atoms with Gasteiger partial charge >= 0.3 is 12.4 Å². The van der Waals surface area contributed by atoms with Gasteiger partial charge in [-0.1, -0.05) is 0 Å². The first kappa shape index (κ1) is 24.3. The Morgan fingerprint density at radius 3 is 2.18 bits per heavy atom. The second-order valence-corrected chi connectivity index (χ2v) is 5.96. The third kappa shape index (κ3) is 7.36. The number of nitrogens with zero attached hydrogens (tertiary/aromatic N) is 1. The summed E-state index contributed by atoms with van der Waals surface area (Å²) >= 11 is 0. The molecule has 160 valence electrons. The Morgan fingerprint density at radius 2 is 1.68 bits per heavy atom. The monoisotopic (exact) mass is 435 g/mol. The van der Waals surface area contributed by atoms with E-state index in [9.17, 15) is 31.1 Å². The van der Waals surface area contributed by atoms with E-state index in [1.165, 1.54) is 4.90 Å². The molecule has 1 aromatic rings. The lowest BCUT2D eigenvalue weighted by atomic mass is 10.2. The molecule has 2 rings (SSSR count). The lowest BCUT2D eigenvalue weighted by molar-refractivity contribution is -0.184. The van der Waals surface area contributed by atoms with Gasteiger partial charge in [0, 0.05) is 32.7 Å². The zero-order chi connectivity index (χ0) is 20.1. The minimum absolute atomic E-state index is 0. The number of alkyl halides is 6. The van der Waals surface area contributed by atoms with Gasteiger partial charge in [-0.3, -0.25) is 9.69 Å². The van der Waals surface area contributed by atoms with Crippen molar-refractivity contribution in [2.75, 3.05) is 39.3 Å². The van der Waals surface area contributed by atoms with E-state index >= 15 is 0 Å². The van der Waals surface area contributed by atoms with Crippen molar-refractivity contribution in [3.05, 3.63) is 29.8 Å². The van der Waals surface area contributed by atoms with Crippen LogP contribution in [0, 0.1) is 0 Å². The third-order valence-electron chi connectivity index (χ3n) is 4.01. The number of hydrogen-bond donors (Lipinski definition) is 2. The van der Waals surface area contributed by atoms with Gasteiger partial charge in [0.2, 0.25) is 0 Å². The van der Waals surface area contributed by atoms with Crippen molar-refractivity contribution in [1.82, 2.24) is 15.5 Å². The molecule has 0 aliphatic carbocycles. The summed E-state index contributed by atoms with van der Waals surface area (Å²) in [5.74, 6) is -0.785. The molecule has 1 unspecified atom stereocenters. The second-order valence-electron chi connectivity index (χ2n) is 5.96. The van der Waals surface area contributed by atoms with Gasteiger partial charge in [0.1, 0.15) is 11.8 Å². The number of ether oxygens (including phenoxy) is 1. The van der Waals surface area contributed by atoms with Crippen molar-refractivity contribution in [3.63, 3.8) is 0 Å². The number of rotatable bonds is 6. The SMILES string of the molecule is Cl.O=C(COc1ccc(C(F)(F)F)cc1)NCC(N1CCNCC1)C(F)(F)F. The average molecular weight is 436 g/mol. The van der Waals surface area contributed by atoms with E-state index < -0.39 is 43.0 Å². The minimum atomic E-state index is -4.50. The molecule has 0 bridgehead atoms. The van der Waals surface area contributed by atoms with Crippen LogP contribution in [-0.2, 0) is 11.0 Å². The molecular formula is C16H20ClF6N3O2. The molecule has 0 spiro atoms. The van der Waals surface area contributed by atoms with Gasteiger partial charge in [0.05, 0.1) is 5.56 Å². The molecule has 1 saturated heterocycles. The zero-order valence-electron chi connectivity index (χ0n) is 14.6. The Bertz CT molecular complexity index is 618. The molecule has 0 radical (unpaired) electrons. The van der Waals surface area contributed by atoms with Gasteiger partial charge in [-0.05, 0) is 24.3 Å². The van der Waals surface area contributed by atoms with E-state index in [2.05, 4.69) is 10.6 Å². The smallest absolute Gasteiger partial charge is 0.416 e. The van der Waals surface area contributed by atoms with E-state index in [1.54, 1.807) is 0 Å². The lowest BCUT2D eigenvalue weighted by Gasteiger charge is -2.35. The summed E-state index contributed by atoms with van der Waals surface area (Å²) in [6.45, 7) is 0.0511. The van der Waals surface area contributed by atoms with Gasteiger partial charge < -0.3 is 15.4 Å². The highest BCUT2D eigenvalue weighted by Gasteiger charge is 2.43. The summed E-state index contributed by atoms with van der Waals surface area (Å²) in [6, 6.07) is 1.84. The highest BCUT2D eigenvalue weighted by molar-refractivity contribution is 5.85. The third-order valence-corrected chi connectivity index (χ3v) is 4.01. The van der Waals surface area contributed by atoms with Crippen LogP contribution in [0.25, 0.3) is 0 Å². The largest absolute Gasteiger partial charge is 0.484 e. The number of amides is 1. The first-order valence-corrected chi connectivity index (χ1v) is 8.15. The average Bonchev–Trinajstić information content (AvgIpc) is 2.59. The molecule has 1 fully saturated rings. The Labute approximate surface area is 163 Å². The van der Waals surface area contributed by atoms with Crippen molar-refractivity contribution < 1.29 is 35.9 Å². The highest BCUT2D eigenvalue weighted by atomic mass is 35.5. The molecule has 1 atom stereocenters. The predicted octanol–water partition coefficient (Wildman–Crippen LogP) is 2.46. The quantitative estimate of drug-likeness (QED) is 0.674. The van der Waals surface area contributed by atoms with Crippen LogP contribution >= 0.6 is 12.4 Å². The molecule has 0 aromatic heterocycles. The Balaban J connectivity index is 0.00000392. The first-order valence-electron chi connectivity index (χ1n) is 8.15. The molecule has 1 aromatic carbocycles. The summed E-state index contributed by atoms with van der Waals surface area (Å²) in [6.07, 6.45) is -8.99. The Hall–Kier alpha value is -1.72. The first-order chi connectivity index (χ1) is 12.6. The molecule has 28 heavy (non-hydrogen) atoms. The van der Waals surface area contributed by atoms with Crippen molar-refractivity contribution in [3.8, 4) is 5.75 Å². The number of hydrogen-bond acceptors (Lipinski definition) is 4. The molecule has 12 heteroatoms. The molecule has 1 amide bonds. The predicted molar refractivity (Wildman–Crippen MR) is 91.5 cm³/mol. The normalized spacial score (nSPS) is 16.8. The van der Waals surface area contributed by atoms with E-state index in [4.69, 9.17) is 4.74 Å². The van der Waals surface area contributed by atoms with Crippen LogP contribution in [0.1, 0.15) is 5.56 Å². The molecule has 1 aliphatic heterocycles. The van der Waals surface area contributed by atoms with E-state index in [1.807, 2.05) is 0 Å². The molecule has 1 aliphatic rings. The maximum absolute atomic E-state index is 13.2. The second kappa shape index (κ2) is 10.2. The summed E-state index contributed by atoms with van der Waals surface area (Å²) in [4.78, 5) is 13.0. The molecule has 1 heterocycles. The van der Waals surface area contributed by atoms with Gasteiger partial charge in [-0.25, -0.2) is 0 Å². The number of carbonyl (C=O) groups excluding carboxylic acids is 1. The highest BCUT2D eigenvalue weighted by Crippen LogP contribution is 2.30. The number of halogens is 7. The maximum Gasteiger partial charge on any atom is 0.416 e. The van der Waals surface area contributed by atoms with Crippen molar-refractivity contribution in [2.24, 2.45) is 0 Å². The lowest BCUT2D eigenvalue weighted by Crippen LogP contribution is -2.57. The summed E-state index contributed by atoms with van der Waals surface area (Å²) in [7, 11) is 0. The minimum Gasteiger partial charge on any atom is -0.484 e. The Kier molecular flexibility index (Phi) is 8.83. The van der Waals surface area contributed by atoms with Crippen molar-refractivity contribution in [1.29, 1.82) is 0 Å². The standard InChI is InChI=1S/C16H19F6N3O2.ClH/c17-15(18,19)11-1-3-12(4-2-11)27-10-14(26)24-9-13(16(20,21)22)25-7-5-23-6-8-25;/h1-4,13,23H,5-10H2,(H,24,26);1H. The number of benzene rings is 1. The fourth-order valence-electron chi connectivity index (χ4n) is 2.60. The van der Waals surface area contributed by atoms with Gasteiger partial charge in [0.15, 0.2) is 6.61 Å². The molecule has 2 N–H and O–H groups in total. The van der Waals surface area contributed by atoms with E-state index in [0.717, 1.165) is 24.3 Å². The summed E-state index contributed by atoms with van der Waals surface area (Å²) in [5, 5.41) is 5.12. The van der Waals surface area contributed by atoms with Crippen LogP contribution in [0.15, 0.2) is 24.3 Å². The van der Waals surface area contributed by atoms with Gasteiger partial charge in [0.25, 0.3) is 5.91 Å². The fraction of sp³-hybridized carbons (Fsp3) is 0.562. The topological polar surface area (TPSA) is 53.6 Å². The van der Waals surface area contributed by atoms with E-state index in [0.29, 0.717) is 13.1 Å². The fourth-order valence-corrected chi connectivity index (χ4v) is 2.60. The summed E-state index contributed by atoms with van der Waals surface area (Å²) in [5.41, 5.74) is -0.872. The van der Waals surface area contributed by atoms with Crippen molar-refractivity contribution in [2.45, 2.75) is 18.4 Å². The number of piperazine rings is 1. The van der Waals surface area contributed by atoms with Crippen LogP contribution in [0.4, 0.5) is 26.3 Å². The van der Waals surface area contributed by atoms with Gasteiger partial charge in [-0.15, -0.1) is 12.4 Å². The van der Waals surface area contributed by atoms with Crippen LogP contribution in [0.5, 0.6) is 5.75 Å². The zero-order valence-corrected chi connectivity index (χ0v) is 15.4. The van der Waals surface area contributed by atoms with Gasteiger partial charge in [-0.2, -0.15) is 26.3 Å². The van der Waals surface area contributed by atoms with E-state index in [-0.39, 0.29) is 31.2 Å². The van der Waals surface area contributed by atoms with Crippen LogP contribution in [-0.4, -0.2) is 62.4 Å².